The van der Waals surface area contributed by atoms with Crippen molar-refractivity contribution < 1.29 is 4.79 Å². The number of hydrogen-bond donors (Lipinski definition) is 1. The molecule has 90 valence electrons. The Balaban J connectivity index is 2.13. The van der Waals surface area contributed by atoms with Gasteiger partial charge in [0.2, 0.25) is 5.91 Å². The van der Waals surface area contributed by atoms with Crippen LogP contribution < -0.4 is 5.73 Å². The highest BCUT2D eigenvalue weighted by molar-refractivity contribution is 5.88. The molecule has 17 heavy (non-hydrogen) atoms. The minimum absolute atomic E-state index is 0.0711. The molecule has 0 aromatic heterocycles. The largest absolute Gasteiger partial charge is 0.332 e. The normalized spacial score (nSPS) is 20.1. The van der Waals surface area contributed by atoms with Crippen LogP contribution in [0.3, 0.4) is 0 Å². The molecule has 1 atom stereocenters. The monoisotopic (exact) mass is 230 g/mol. The number of rotatable bonds is 3. The number of nitrogens with two attached hydrogens (primary N) is 1. The molecular formula is C14H18N2O. The molecule has 0 radical (unpaired) electrons. The van der Waals surface area contributed by atoms with E-state index in [1.165, 1.54) is 5.56 Å². The molecule has 0 saturated carbocycles. The second-order valence-electron chi connectivity index (χ2n) is 4.24. The lowest BCUT2D eigenvalue weighted by Gasteiger charge is -2.23. The molecule has 1 aliphatic heterocycles. The molecule has 0 spiro atoms. The van der Waals surface area contributed by atoms with E-state index in [1.54, 1.807) is 12.2 Å². The first kappa shape index (κ1) is 11.9. The number of carbonyl (C=O) groups excluding carboxylic acids is 1. The molecule has 1 unspecified atom stereocenters. The first-order chi connectivity index (χ1) is 8.33. The van der Waals surface area contributed by atoms with Crippen LogP contribution in [0.5, 0.6) is 0 Å². The van der Waals surface area contributed by atoms with Crippen LogP contribution in [0.15, 0.2) is 42.5 Å². The Hall–Kier alpha value is -1.61. The summed E-state index contributed by atoms with van der Waals surface area (Å²) in [4.78, 5) is 13.9. The zero-order valence-electron chi connectivity index (χ0n) is 9.88. The molecule has 1 amide bonds. The third kappa shape index (κ3) is 2.74. The lowest BCUT2D eigenvalue weighted by Crippen LogP contribution is -2.29. The second-order valence-corrected chi connectivity index (χ2v) is 4.24. The maximum atomic E-state index is 12.0. The average Bonchev–Trinajstić information content (AvgIpc) is 2.86. The molecule has 3 heteroatoms. The highest BCUT2D eigenvalue weighted by Gasteiger charge is 2.28. The summed E-state index contributed by atoms with van der Waals surface area (Å²) < 4.78 is 0. The Bertz CT molecular complexity index is 400. The number of hydrogen-bond acceptors (Lipinski definition) is 2. The molecule has 2 N–H and O–H groups in total. The molecule has 1 heterocycles. The van der Waals surface area contributed by atoms with Crippen LogP contribution >= 0.6 is 0 Å². The molecular weight excluding hydrogens is 212 g/mol. The summed E-state index contributed by atoms with van der Waals surface area (Å²) in [5, 5.41) is 0. The Morgan fingerprint density at radius 2 is 2.18 bits per heavy atom. The third-order valence-corrected chi connectivity index (χ3v) is 3.12. The van der Waals surface area contributed by atoms with Crippen LogP contribution in [0, 0.1) is 0 Å². The Kier molecular flexibility index (Phi) is 3.94. The minimum atomic E-state index is 0.0711. The van der Waals surface area contributed by atoms with E-state index in [9.17, 15) is 4.79 Å². The lowest BCUT2D eigenvalue weighted by molar-refractivity contribution is -0.126. The molecule has 1 aromatic carbocycles. The quantitative estimate of drug-likeness (QED) is 0.806. The van der Waals surface area contributed by atoms with Gasteiger partial charge in [0.1, 0.15) is 0 Å². The predicted molar refractivity (Wildman–Crippen MR) is 68.3 cm³/mol. The van der Waals surface area contributed by atoms with Crippen molar-refractivity contribution in [3.63, 3.8) is 0 Å². The van der Waals surface area contributed by atoms with Crippen molar-refractivity contribution in [3.05, 3.63) is 48.0 Å². The van der Waals surface area contributed by atoms with Gasteiger partial charge in [-0.25, -0.2) is 0 Å². The van der Waals surface area contributed by atoms with Crippen molar-refractivity contribution in [3.8, 4) is 0 Å². The van der Waals surface area contributed by atoms with Crippen molar-refractivity contribution >= 4 is 5.91 Å². The number of likely N-dealkylation sites (tertiary alicyclic amines) is 1. The Morgan fingerprint density at radius 3 is 2.88 bits per heavy atom. The molecule has 1 aliphatic rings. The van der Waals surface area contributed by atoms with E-state index in [4.69, 9.17) is 5.73 Å². The van der Waals surface area contributed by atoms with E-state index >= 15 is 0 Å². The van der Waals surface area contributed by atoms with Crippen molar-refractivity contribution in [2.45, 2.75) is 18.9 Å². The second kappa shape index (κ2) is 5.64. The van der Waals surface area contributed by atoms with Crippen molar-refractivity contribution in [1.82, 2.24) is 4.90 Å². The van der Waals surface area contributed by atoms with Gasteiger partial charge in [-0.05, 0) is 18.4 Å². The van der Waals surface area contributed by atoms with Crippen molar-refractivity contribution in [1.29, 1.82) is 0 Å². The third-order valence-electron chi connectivity index (χ3n) is 3.12. The van der Waals surface area contributed by atoms with Gasteiger partial charge in [0.15, 0.2) is 0 Å². The van der Waals surface area contributed by atoms with Crippen LogP contribution in [-0.2, 0) is 4.79 Å². The van der Waals surface area contributed by atoms with Gasteiger partial charge in [0.05, 0.1) is 6.04 Å². The maximum absolute atomic E-state index is 12.0. The van der Waals surface area contributed by atoms with Crippen molar-refractivity contribution in [2.24, 2.45) is 5.73 Å². The zero-order chi connectivity index (χ0) is 12.1. The summed E-state index contributed by atoms with van der Waals surface area (Å²) in [6.07, 6.45) is 5.41. The van der Waals surface area contributed by atoms with E-state index < -0.39 is 0 Å². The van der Waals surface area contributed by atoms with E-state index in [2.05, 4.69) is 12.1 Å². The van der Waals surface area contributed by atoms with Crippen molar-refractivity contribution in [2.75, 3.05) is 13.1 Å². The van der Waals surface area contributed by atoms with Gasteiger partial charge in [-0.1, -0.05) is 36.4 Å². The number of benzene rings is 1. The Morgan fingerprint density at radius 1 is 1.41 bits per heavy atom. The van der Waals surface area contributed by atoms with Gasteiger partial charge in [-0.3, -0.25) is 4.79 Å². The van der Waals surface area contributed by atoms with Gasteiger partial charge in [0, 0.05) is 19.2 Å². The number of carbonyl (C=O) groups is 1. The van der Waals surface area contributed by atoms with E-state index in [0.29, 0.717) is 6.54 Å². The first-order valence-corrected chi connectivity index (χ1v) is 6.05. The van der Waals surface area contributed by atoms with Gasteiger partial charge in [-0.15, -0.1) is 0 Å². The summed E-state index contributed by atoms with van der Waals surface area (Å²) >= 11 is 0. The van der Waals surface area contributed by atoms with E-state index in [0.717, 1.165) is 19.4 Å². The van der Waals surface area contributed by atoms with E-state index in [-0.39, 0.29) is 11.9 Å². The maximum Gasteiger partial charge on any atom is 0.246 e. The SMILES string of the molecule is NC/C=C/C(=O)N1CCCC1c1ccccc1. The fourth-order valence-electron chi connectivity index (χ4n) is 2.32. The topological polar surface area (TPSA) is 46.3 Å². The summed E-state index contributed by atoms with van der Waals surface area (Å²) in [7, 11) is 0. The fourth-order valence-corrected chi connectivity index (χ4v) is 2.32. The molecule has 0 aliphatic carbocycles. The fraction of sp³-hybridized carbons (Fsp3) is 0.357. The van der Waals surface area contributed by atoms with Gasteiger partial charge >= 0.3 is 0 Å². The average molecular weight is 230 g/mol. The molecule has 3 nitrogen and oxygen atoms in total. The molecule has 2 rings (SSSR count). The summed E-state index contributed by atoms with van der Waals surface area (Å²) in [5.74, 6) is 0.0711. The first-order valence-electron chi connectivity index (χ1n) is 6.05. The van der Waals surface area contributed by atoms with Crippen LogP contribution in [0.1, 0.15) is 24.4 Å². The Labute approximate surface area is 102 Å². The number of nitrogens with zero attached hydrogens (tertiary/aromatic N) is 1. The van der Waals surface area contributed by atoms with Gasteiger partial charge in [-0.2, -0.15) is 0 Å². The van der Waals surface area contributed by atoms with Gasteiger partial charge in [0.25, 0.3) is 0 Å². The molecule has 0 bridgehead atoms. The predicted octanol–water partition coefficient (Wildman–Crippen LogP) is 1.86. The summed E-state index contributed by atoms with van der Waals surface area (Å²) in [6.45, 7) is 1.25. The van der Waals surface area contributed by atoms with Crippen LogP contribution in [0.2, 0.25) is 0 Å². The van der Waals surface area contributed by atoms with Gasteiger partial charge < -0.3 is 10.6 Å². The molecule has 1 aromatic rings. The standard InChI is InChI=1S/C14H18N2O/c15-10-4-9-14(17)16-11-5-8-13(16)12-6-2-1-3-7-12/h1-4,6-7,9,13H,5,8,10-11,15H2/b9-4+. The zero-order valence-corrected chi connectivity index (χ0v) is 9.88. The molecule has 1 fully saturated rings. The van der Waals surface area contributed by atoms with Crippen LogP contribution in [0.25, 0.3) is 0 Å². The smallest absolute Gasteiger partial charge is 0.246 e. The summed E-state index contributed by atoms with van der Waals surface area (Å²) in [6, 6.07) is 10.4. The highest BCUT2D eigenvalue weighted by atomic mass is 16.2. The minimum Gasteiger partial charge on any atom is -0.332 e. The highest BCUT2D eigenvalue weighted by Crippen LogP contribution is 2.31. The van der Waals surface area contributed by atoms with Crippen LogP contribution in [-0.4, -0.2) is 23.9 Å². The lowest BCUT2D eigenvalue weighted by atomic mass is 10.0. The van der Waals surface area contributed by atoms with Crippen LogP contribution in [0.4, 0.5) is 0 Å². The number of amides is 1. The molecule has 1 saturated heterocycles. The van der Waals surface area contributed by atoms with E-state index in [1.807, 2.05) is 23.1 Å². The summed E-state index contributed by atoms with van der Waals surface area (Å²) in [5.41, 5.74) is 6.59.